The molecular weight excluding hydrogens is 280 g/mol. The van der Waals surface area contributed by atoms with E-state index < -0.39 is 0 Å². The highest BCUT2D eigenvalue weighted by atomic mass is 35.5. The van der Waals surface area contributed by atoms with Crippen LogP contribution in [0, 0.1) is 13.8 Å². The number of aryl methyl sites for hydroxylation is 2. The summed E-state index contributed by atoms with van der Waals surface area (Å²) in [5.41, 5.74) is 2.14. The quantitative estimate of drug-likeness (QED) is 0.586. The van der Waals surface area contributed by atoms with Crippen LogP contribution in [0.4, 0.5) is 0 Å². The number of nitrogens with one attached hydrogen (secondary N) is 2. The molecular formula is C14H19ClN2O3. The Balaban J connectivity index is 2.24. The minimum Gasteiger partial charge on any atom is -0.484 e. The smallest absolute Gasteiger partial charge is 0.258 e. The number of carbonyl (C=O) groups excluding carboxylic acids is 2. The summed E-state index contributed by atoms with van der Waals surface area (Å²) in [5.74, 6) is 0.128. The normalized spacial score (nSPS) is 9.95. The molecule has 1 rings (SSSR count). The fourth-order valence-electron chi connectivity index (χ4n) is 1.61. The Hall–Kier alpha value is -1.75. The van der Waals surface area contributed by atoms with Gasteiger partial charge in [0.2, 0.25) is 5.91 Å². The van der Waals surface area contributed by atoms with Crippen molar-refractivity contribution in [3.63, 3.8) is 0 Å². The number of ether oxygens (including phenoxy) is 1. The van der Waals surface area contributed by atoms with Gasteiger partial charge in [0.1, 0.15) is 11.6 Å². The lowest BCUT2D eigenvalue weighted by Gasteiger charge is -2.10. The number of hydrogen-bond donors (Lipinski definition) is 2. The Bertz CT molecular complexity index is 477. The van der Waals surface area contributed by atoms with E-state index in [9.17, 15) is 9.59 Å². The van der Waals surface area contributed by atoms with Crippen LogP contribution in [0.2, 0.25) is 0 Å². The highest BCUT2D eigenvalue weighted by Gasteiger charge is 2.05. The molecule has 0 unspecified atom stereocenters. The van der Waals surface area contributed by atoms with E-state index in [2.05, 4.69) is 10.6 Å². The maximum Gasteiger partial charge on any atom is 0.258 e. The van der Waals surface area contributed by atoms with Crippen molar-refractivity contribution in [2.45, 2.75) is 13.8 Å². The van der Waals surface area contributed by atoms with Gasteiger partial charge in [-0.15, -0.1) is 11.6 Å². The van der Waals surface area contributed by atoms with Gasteiger partial charge in [-0.3, -0.25) is 9.59 Å². The van der Waals surface area contributed by atoms with Crippen LogP contribution in [-0.2, 0) is 9.59 Å². The molecule has 0 aliphatic heterocycles. The first-order valence-corrected chi connectivity index (χ1v) is 6.86. The molecule has 0 bridgehead atoms. The number of hydrogen-bond acceptors (Lipinski definition) is 3. The molecule has 1 aromatic rings. The van der Waals surface area contributed by atoms with Gasteiger partial charge >= 0.3 is 0 Å². The zero-order valence-corrected chi connectivity index (χ0v) is 12.4. The van der Waals surface area contributed by atoms with Gasteiger partial charge in [-0.25, -0.2) is 0 Å². The lowest BCUT2D eigenvalue weighted by molar-refractivity contribution is -0.123. The maximum absolute atomic E-state index is 11.5. The lowest BCUT2D eigenvalue weighted by Crippen LogP contribution is -2.37. The number of amides is 2. The first-order chi connectivity index (χ1) is 9.52. The number of alkyl halides is 1. The van der Waals surface area contributed by atoms with Crippen LogP contribution >= 0.6 is 11.6 Å². The number of benzene rings is 1. The summed E-state index contributed by atoms with van der Waals surface area (Å²) < 4.78 is 5.43. The van der Waals surface area contributed by atoms with Gasteiger partial charge in [-0.1, -0.05) is 17.7 Å². The Morgan fingerprint density at radius 1 is 1.15 bits per heavy atom. The van der Waals surface area contributed by atoms with Crippen LogP contribution in [0.3, 0.4) is 0 Å². The summed E-state index contributed by atoms with van der Waals surface area (Å²) in [7, 11) is 0. The van der Waals surface area contributed by atoms with E-state index in [4.69, 9.17) is 16.3 Å². The predicted octanol–water partition coefficient (Wildman–Crippen LogP) is 1.15. The molecule has 20 heavy (non-hydrogen) atoms. The summed E-state index contributed by atoms with van der Waals surface area (Å²) in [5, 5.41) is 5.19. The van der Waals surface area contributed by atoms with Crippen molar-refractivity contribution in [2.24, 2.45) is 0 Å². The molecule has 0 saturated carbocycles. The first-order valence-electron chi connectivity index (χ1n) is 6.32. The van der Waals surface area contributed by atoms with E-state index in [1.165, 1.54) is 0 Å². The van der Waals surface area contributed by atoms with Gasteiger partial charge in [0.15, 0.2) is 6.61 Å². The number of carbonyl (C=O) groups is 2. The third kappa shape index (κ3) is 5.93. The van der Waals surface area contributed by atoms with Gasteiger partial charge in [0.05, 0.1) is 0 Å². The van der Waals surface area contributed by atoms with Gasteiger partial charge in [0, 0.05) is 13.1 Å². The van der Waals surface area contributed by atoms with Crippen LogP contribution < -0.4 is 15.4 Å². The van der Waals surface area contributed by atoms with Crippen molar-refractivity contribution in [3.05, 3.63) is 29.3 Å². The van der Waals surface area contributed by atoms with E-state index in [-0.39, 0.29) is 24.3 Å². The minimum atomic E-state index is -0.257. The van der Waals surface area contributed by atoms with Gasteiger partial charge in [0.25, 0.3) is 5.91 Å². The fraction of sp³-hybridized carbons (Fsp3) is 0.429. The van der Waals surface area contributed by atoms with E-state index in [0.29, 0.717) is 18.8 Å². The van der Waals surface area contributed by atoms with E-state index >= 15 is 0 Å². The van der Waals surface area contributed by atoms with Crippen LogP contribution in [0.5, 0.6) is 5.75 Å². The number of rotatable bonds is 7. The van der Waals surface area contributed by atoms with Crippen molar-refractivity contribution in [3.8, 4) is 5.75 Å². The van der Waals surface area contributed by atoms with Gasteiger partial charge < -0.3 is 15.4 Å². The molecule has 6 heteroatoms. The maximum atomic E-state index is 11.5. The first kappa shape index (κ1) is 16.3. The standard InChI is InChI=1S/C14H19ClN2O3/c1-10-3-4-12(11(2)7-10)20-9-14(19)17-6-5-16-13(18)8-15/h3-4,7H,5-6,8-9H2,1-2H3,(H,16,18)(H,17,19). The van der Waals surface area contributed by atoms with Crippen LogP contribution in [0.25, 0.3) is 0 Å². The summed E-state index contributed by atoms with van der Waals surface area (Å²) in [6.45, 7) is 4.58. The third-order valence-corrected chi connectivity index (χ3v) is 2.82. The van der Waals surface area contributed by atoms with Crippen LogP contribution in [0.1, 0.15) is 11.1 Å². The predicted molar refractivity (Wildman–Crippen MR) is 78.2 cm³/mol. The highest BCUT2D eigenvalue weighted by molar-refractivity contribution is 6.27. The average molecular weight is 299 g/mol. The molecule has 0 fully saturated rings. The molecule has 0 radical (unpaired) electrons. The lowest BCUT2D eigenvalue weighted by atomic mass is 10.1. The van der Waals surface area contributed by atoms with E-state index in [0.717, 1.165) is 11.1 Å². The van der Waals surface area contributed by atoms with Crippen LogP contribution in [0.15, 0.2) is 18.2 Å². The van der Waals surface area contributed by atoms with Crippen molar-refractivity contribution in [2.75, 3.05) is 25.6 Å². The summed E-state index contributed by atoms with van der Waals surface area (Å²) in [4.78, 5) is 22.4. The molecule has 2 amide bonds. The molecule has 0 saturated heterocycles. The SMILES string of the molecule is Cc1ccc(OCC(=O)NCCNC(=O)CCl)c(C)c1. The molecule has 0 aromatic heterocycles. The Kier molecular flexibility index (Phi) is 6.87. The fourth-order valence-corrected chi connectivity index (χ4v) is 1.70. The Labute approximate surface area is 123 Å². The molecule has 5 nitrogen and oxygen atoms in total. The molecule has 0 spiro atoms. The van der Waals surface area contributed by atoms with Crippen molar-refractivity contribution in [1.29, 1.82) is 0 Å². The monoisotopic (exact) mass is 298 g/mol. The van der Waals surface area contributed by atoms with E-state index in [1.54, 1.807) is 0 Å². The zero-order chi connectivity index (χ0) is 15.0. The van der Waals surface area contributed by atoms with Crippen molar-refractivity contribution >= 4 is 23.4 Å². The molecule has 2 N–H and O–H groups in total. The second-order valence-corrected chi connectivity index (χ2v) is 4.66. The van der Waals surface area contributed by atoms with E-state index in [1.807, 2.05) is 32.0 Å². The van der Waals surface area contributed by atoms with Crippen LogP contribution in [-0.4, -0.2) is 37.4 Å². The topological polar surface area (TPSA) is 67.4 Å². The molecule has 0 aliphatic rings. The molecule has 0 aliphatic carbocycles. The number of halogens is 1. The van der Waals surface area contributed by atoms with Gasteiger partial charge in [-0.2, -0.15) is 0 Å². The molecule has 0 heterocycles. The minimum absolute atomic E-state index is 0.0483. The van der Waals surface area contributed by atoms with Gasteiger partial charge in [-0.05, 0) is 25.5 Å². The molecule has 110 valence electrons. The Morgan fingerprint density at radius 2 is 1.80 bits per heavy atom. The van der Waals surface area contributed by atoms with Crippen molar-refractivity contribution in [1.82, 2.24) is 10.6 Å². The van der Waals surface area contributed by atoms with Crippen molar-refractivity contribution < 1.29 is 14.3 Å². The molecule has 0 atom stereocenters. The summed E-state index contributed by atoms with van der Waals surface area (Å²) in [6.07, 6.45) is 0. The highest BCUT2D eigenvalue weighted by Crippen LogP contribution is 2.18. The summed E-state index contributed by atoms with van der Waals surface area (Å²) in [6, 6.07) is 5.77. The second-order valence-electron chi connectivity index (χ2n) is 4.39. The summed E-state index contributed by atoms with van der Waals surface area (Å²) >= 11 is 5.32. The third-order valence-electron chi connectivity index (χ3n) is 2.58. The zero-order valence-electron chi connectivity index (χ0n) is 11.7. The second kappa shape index (κ2) is 8.43. The Morgan fingerprint density at radius 3 is 2.40 bits per heavy atom. The largest absolute Gasteiger partial charge is 0.484 e. The average Bonchev–Trinajstić information content (AvgIpc) is 2.42. The molecule has 1 aromatic carbocycles.